The van der Waals surface area contributed by atoms with E-state index in [2.05, 4.69) is 20.5 Å². The number of nitrogens with zero attached hydrogens (tertiary/aromatic N) is 4. The molecule has 2 heterocycles. The molecule has 1 unspecified atom stereocenters. The maximum atomic E-state index is 5.74. The van der Waals surface area contributed by atoms with Gasteiger partial charge in [-0.2, -0.15) is 10.1 Å². The van der Waals surface area contributed by atoms with Gasteiger partial charge in [0, 0.05) is 18.3 Å². The summed E-state index contributed by atoms with van der Waals surface area (Å²) in [6, 6.07) is -0.368. The number of ether oxygens (including phenoxy) is 2. The zero-order chi connectivity index (χ0) is 15.6. The van der Waals surface area contributed by atoms with Crippen LogP contribution < -0.4 is 20.7 Å². The van der Waals surface area contributed by atoms with Gasteiger partial charge in [0.15, 0.2) is 0 Å². The van der Waals surface area contributed by atoms with Crippen molar-refractivity contribution < 1.29 is 9.47 Å². The SMILES string of the molecule is COc1cnc(C(NN)c2c(C)nn(C)c2C)c(OC)n1. The summed E-state index contributed by atoms with van der Waals surface area (Å²) in [4.78, 5) is 8.61. The van der Waals surface area contributed by atoms with E-state index in [-0.39, 0.29) is 6.04 Å². The van der Waals surface area contributed by atoms with E-state index in [0.717, 1.165) is 17.0 Å². The fourth-order valence-electron chi connectivity index (χ4n) is 2.32. The Hall–Kier alpha value is -2.19. The van der Waals surface area contributed by atoms with Gasteiger partial charge in [0.1, 0.15) is 5.69 Å². The Balaban J connectivity index is 2.56. The van der Waals surface area contributed by atoms with E-state index in [1.165, 1.54) is 20.4 Å². The summed E-state index contributed by atoms with van der Waals surface area (Å²) >= 11 is 0. The molecule has 0 saturated heterocycles. The normalized spacial score (nSPS) is 12.3. The standard InChI is InChI=1S/C13H20N6O2/c1-7-10(8(2)19(3)18-7)11(17-14)12-13(21-5)16-9(20-4)6-15-12/h6,11,17H,14H2,1-5H3. The van der Waals surface area contributed by atoms with Gasteiger partial charge in [0.25, 0.3) is 0 Å². The van der Waals surface area contributed by atoms with Gasteiger partial charge in [-0.3, -0.25) is 10.5 Å². The Morgan fingerprint density at radius 2 is 2.00 bits per heavy atom. The summed E-state index contributed by atoms with van der Waals surface area (Å²) in [5.41, 5.74) is 6.17. The van der Waals surface area contributed by atoms with E-state index in [1.807, 2.05) is 20.9 Å². The lowest BCUT2D eigenvalue weighted by Gasteiger charge is -2.18. The second-order valence-electron chi connectivity index (χ2n) is 4.61. The van der Waals surface area contributed by atoms with Crippen molar-refractivity contribution in [3.05, 3.63) is 28.8 Å². The molecule has 0 bridgehead atoms. The number of aromatic nitrogens is 4. The van der Waals surface area contributed by atoms with Crippen LogP contribution in [0, 0.1) is 13.8 Å². The molecule has 8 nitrogen and oxygen atoms in total. The predicted molar refractivity (Wildman–Crippen MR) is 77.0 cm³/mol. The molecule has 0 amide bonds. The molecular formula is C13H20N6O2. The van der Waals surface area contributed by atoms with Gasteiger partial charge in [-0.15, -0.1) is 0 Å². The van der Waals surface area contributed by atoms with Crippen molar-refractivity contribution in [2.45, 2.75) is 19.9 Å². The highest BCUT2D eigenvalue weighted by Gasteiger charge is 2.26. The topological polar surface area (TPSA) is 100 Å². The lowest BCUT2D eigenvalue weighted by atomic mass is 10.0. The lowest BCUT2D eigenvalue weighted by molar-refractivity contribution is 0.352. The second kappa shape index (κ2) is 6.06. The summed E-state index contributed by atoms with van der Waals surface area (Å²) in [5, 5.41) is 4.40. The lowest BCUT2D eigenvalue weighted by Crippen LogP contribution is -2.31. The van der Waals surface area contributed by atoms with Gasteiger partial charge in [0.2, 0.25) is 11.8 Å². The maximum Gasteiger partial charge on any atom is 0.240 e. The summed E-state index contributed by atoms with van der Waals surface area (Å²) in [6.07, 6.45) is 1.53. The van der Waals surface area contributed by atoms with Crippen LogP contribution in [-0.2, 0) is 7.05 Å². The number of hydrazine groups is 1. The molecule has 0 saturated carbocycles. The van der Waals surface area contributed by atoms with Crippen molar-refractivity contribution in [3.63, 3.8) is 0 Å². The van der Waals surface area contributed by atoms with E-state index in [4.69, 9.17) is 15.3 Å². The molecule has 0 aliphatic carbocycles. The molecule has 0 spiro atoms. The first kappa shape index (κ1) is 15.2. The Bertz CT molecular complexity index is 640. The highest BCUT2D eigenvalue weighted by atomic mass is 16.5. The average molecular weight is 292 g/mol. The minimum absolute atomic E-state index is 0.361. The number of rotatable bonds is 5. The molecule has 2 aromatic heterocycles. The number of aryl methyl sites for hydroxylation is 2. The zero-order valence-corrected chi connectivity index (χ0v) is 12.8. The van der Waals surface area contributed by atoms with Gasteiger partial charge in [-0.05, 0) is 13.8 Å². The Morgan fingerprint density at radius 3 is 2.48 bits per heavy atom. The van der Waals surface area contributed by atoms with Crippen LogP contribution >= 0.6 is 0 Å². The van der Waals surface area contributed by atoms with Crippen LogP contribution in [0.2, 0.25) is 0 Å². The van der Waals surface area contributed by atoms with E-state index in [9.17, 15) is 0 Å². The smallest absolute Gasteiger partial charge is 0.240 e. The van der Waals surface area contributed by atoms with Crippen LogP contribution in [0.25, 0.3) is 0 Å². The van der Waals surface area contributed by atoms with E-state index < -0.39 is 0 Å². The van der Waals surface area contributed by atoms with Crippen molar-refractivity contribution in [2.75, 3.05) is 14.2 Å². The summed E-state index contributed by atoms with van der Waals surface area (Å²) in [5.74, 6) is 6.48. The van der Waals surface area contributed by atoms with Gasteiger partial charge in [-0.25, -0.2) is 10.4 Å². The van der Waals surface area contributed by atoms with E-state index in [1.54, 1.807) is 4.68 Å². The molecule has 0 radical (unpaired) electrons. The van der Waals surface area contributed by atoms with Crippen LogP contribution in [0.5, 0.6) is 11.8 Å². The first-order valence-electron chi connectivity index (χ1n) is 6.44. The molecule has 3 N–H and O–H groups in total. The van der Waals surface area contributed by atoms with Crippen LogP contribution in [-0.4, -0.2) is 34.0 Å². The van der Waals surface area contributed by atoms with Crippen molar-refractivity contribution in [3.8, 4) is 11.8 Å². The monoisotopic (exact) mass is 292 g/mol. The van der Waals surface area contributed by atoms with Crippen molar-refractivity contribution in [2.24, 2.45) is 12.9 Å². The minimum Gasteiger partial charge on any atom is -0.480 e. The van der Waals surface area contributed by atoms with Crippen LogP contribution in [0.15, 0.2) is 6.20 Å². The molecule has 2 rings (SSSR count). The Labute approximate surface area is 123 Å². The van der Waals surface area contributed by atoms with Gasteiger partial charge >= 0.3 is 0 Å². The molecule has 1 atom stereocenters. The predicted octanol–water partition coefficient (Wildman–Crippen LogP) is 0.397. The zero-order valence-electron chi connectivity index (χ0n) is 12.8. The summed E-state index contributed by atoms with van der Waals surface area (Å²) in [6.45, 7) is 3.90. The Morgan fingerprint density at radius 1 is 1.29 bits per heavy atom. The van der Waals surface area contributed by atoms with Gasteiger partial charge in [-0.1, -0.05) is 0 Å². The summed E-state index contributed by atoms with van der Waals surface area (Å²) < 4.78 is 12.2. The molecule has 114 valence electrons. The van der Waals surface area contributed by atoms with Gasteiger partial charge < -0.3 is 9.47 Å². The molecular weight excluding hydrogens is 272 g/mol. The van der Waals surface area contributed by atoms with Crippen molar-refractivity contribution >= 4 is 0 Å². The number of methoxy groups -OCH3 is 2. The molecule has 2 aromatic rings. The highest BCUT2D eigenvalue weighted by molar-refractivity contribution is 5.38. The molecule has 0 aliphatic rings. The van der Waals surface area contributed by atoms with Crippen molar-refractivity contribution in [1.82, 2.24) is 25.2 Å². The van der Waals surface area contributed by atoms with Crippen LogP contribution in [0.3, 0.4) is 0 Å². The van der Waals surface area contributed by atoms with Crippen molar-refractivity contribution in [1.29, 1.82) is 0 Å². The van der Waals surface area contributed by atoms with Crippen LogP contribution in [0.1, 0.15) is 28.7 Å². The third-order valence-electron chi connectivity index (χ3n) is 3.44. The molecule has 8 heteroatoms. The quantitative estimate of drug-likeness (QED) is 0.607. The first-order chi connectivity index (χ1) is 10.0. The summed E-state index contributed by atoms with van der Waals surface area (Å²) in [7, 11) is 4.94. The maximum absolute atomic E-state index is 5.74. The van der Waals surface area contributed by atoms with E-state index in [0.29, 0.717) is 17.5 Å². The van der Waals surface area contributed by atoms with Crippen LogP contribution in [0.4, 0.5) is 0 Å². The molecule has 0 aliphatic heterocycles. The number of hydrogen-bond donors (Lipinski definition) is 2. The highest BCUT2D eigenvalue weighted by Crippen LogP contribution is 2.31. The number of hydrogen-bond acceptors (Lipinski definition) is 7. The fraction of sp³-hybridized carbons (Fsp3) is 0.462. The third-order valence-corrected chi connectivity index (χ3v) is 3.44. The molecule has 0 aromatic carbocycles. The fourth-order valence-corrected chi connectivity index (χ4v) is 2.32. The largest absolute Gasteiger partial charge is 0.480 e. The Kier molecular flexibility index (Phi) is 4.39. The number of nitrogens with one attached hydrogen (secondary N) is 1. The third kappa shape index (κ3) is 2.67. The average Bonchev–Trinajstić information content (AvgIpc) is 2.74. The second-order valence-corrected chi connectivity index (χ2v) is 4.61. The minimum atomic E-state index is -0.368. The van der Waals surface area contributed by atoms with Gasteiger partial charge in [0.05, 0.1) is 32.2 Å². The van der Waals surface area contributed by atoms with E-state index >= 15 is 0 Å². The number of nitrogens with two attached hydrogens (primary N) is 1. The first-order valence-corrected chi connectivity index (χ1v) is 6.44. The molecule has 0 fully saturated rings. The molecule has 21 heavy (non-hydrogen) atoms.